The highest BCUT2D eigenvalue weighted by Crippen LogP contribution is 1.89. The molecule has 0 amide bonds. The number of aliphatic hydroxyl groups is 1. The minimum absolute atomic E-state index is 0.431. The van der Waals surface area contributed by atoms with Gasteiger partial charge in [0.25, 0.3) is 0 Å². The molecule has 1 unspecified atom stereocenters. The van der Waals surface area contributed by atoms with Crippen LogP contribution in [0, 0.1) is 0 Å². The summed E-state index contributed by atoms with van der Waals surface area (Å²) in [6.07, 6.45) is 0.550. The van der Waals surface area contributed by atoms with Gasteiger partial charge in [0.2, 0.25) is 0 Å². The fourth-order valence-corrected chi connectivity index (χ4v) is 0.697. The van der Waals surface area contributed by atoms with Crippen LogP contribution in [0.5, 0.6) is 0 Å². The average molecular weight is 117 g/mol. The number of hydrogen-bond acceptors (Lipinski definition) is 3. The van der Waals surface area contributed by atoms with Crippen LogP contribution in [-0.2, 0) is 4.74 Å². The van der Waals surface area contributed by atoms with Gasteiger partial charge in [-0.2, -0.15) is 0 Å². The van der Waals surface area contributed by atoms with Crippen molar-refractivity contribution in [2.75, 3.05) is 19.8 Å². The van der Waals surface area contributed by atoms with Crippen molar-refractivity contribution >= 4 is 0 Å². The van der Waals surface area contributed by atoms with Gasteiger partial charge in [-0.15, -0.1) is 0 Å². The van der Waals surface area contributed by atoms with E-state index in [0.717, 1.165) is 19.6 Å². The third-order valence-corrected chi connectivity index (χ3v) is 1.12. The maximum absolute atomic E-state index is 8.85. The van der Waals surface area contributed by atoms with Crippen molar-refractivity contribution in [3.05, 3.63) is 0 Å². The molecule has 0 bridgehead atoms. The molecule has 3 nitrogen and oxygen atoms in total. The Morgan fingerprint density at radius 1 is 1.62 bits per heavy atom. The Kier molecular flexibility index (Phi) is 2.27. The van der Waals surface area contributed by atoms with Crippen LogP contribution in [0.4, 0.5) is 0 Å². The van der Waals surface area contributed by atoms with Crippen LogP contribution in [-0.4, -0.2) is 31.1 Å². The van der Waals surface area contributed by atoms with Gasteiger partial charge in [-0.3, -0.25) is 5.32 Å². The summed E-state index contributed by atoms with van der Waals surface area (Å²) >= 11 is 0. The number of rotatable bonds is 0. The van der Waals surface area contributed by atoms with E-state index in [0.29, 0.717) is 6.61 Å². The van der Waals surface area contributed by atoms with Crippen LogP contribution in [0.25, 0.3) is 0 Å². The molecule has 0 radical (unpaired) electrons. The first-order valence-electron chi connectivity index (χ1n) is 2.89. The fraction of sp³-hybridized carbons (Fsp3) is 1.00. The molecule has 2 N–H and O–H groups in total. The lowest BCUT2D eigenvalue weighted by Gasteiger charge is -2.04. The molecule has 48 valence electrons. The number of hydrogen-bond donors (Lipinski definition) is 2. The molecule has 0 aromatic heterocycles. The van der Waals surface area contributed by atoms with Gasteiger partial charge in [-0.05, 0) is 13.0 Å². The summed E-state index contributed by atoms with van der Waals surface area (Å²) in [5.74, 6) is 0. The maximum atomic E-state index is 8.85. The molecule has 0 spiro atoms. The normalized spacial score (nSPS) is 31.9. The molecule has 1 atom stereocenters. The summed E-state index contributed by atoms with van der Waals surface area (Å²) in [6, 6.07) is 0. The summed E-state index contributed by atoms with van der Waals surface area (Å²) in [6.45, 7) is 2.06. The Morgan fingerprint density at radius 2 is 2.50 bits per heavy atom. The highest BCUT2D eigenvalue weighted by molar-refractivity contribution is 4.55. The Balaban J connectivity index is 2.17. The highest BCUT2D eigenvalue weighted by Gasteiger charge is 2.05. The molecule has 1 fully saturated rings. The number of aliphatic hydroxyl groups excluding tert-OH is 1. The molecule has 1 aliphatic heterocycles. The average Bonchev–Trinajstić information content (AvgIpc) is 1.94. The standard InChI is InChI=1S/C5H11NO2/c7-5-4-8-3-1-2-6-5/h5-7H,1-4H2. The second-order valence-electron chi connectivity index (χ2n) is 1.90. The molecule has 1 saturated heterocycles. The Morgan fingerprint density at radius 3 is 3.38 bits per heavy atom. The third-order valence-electron chi connectivity index (χ3n) is 1.12. The summed E-state index contributed by atoms with van der Waals surface area (Å²) < 4.78 is 4.99. The van der Waals surface area contributed by atoms with Crippen molar-refractivity contribution in [1.29, 1.82) is 0 Å². The van der Waals surface area contributed by atoms with Gasteiger partial charge in [0.15, 0.2) is 0 Å². The predicted molar refractivity (Wildman–Crippen MR) is 29.4 cm³/mol. The van der Waals surface area contributed by atoms with E-state index in [2.05, 4.69) is 5.32 Å². The predicted octanol–water partition coefficient (Wildman–Crippen LogP) is -0.685. The molecule has 1 heterocycles. The molecule has 3 heteroatoms. The lowest BCUT2D eigenvalue weighted by Crippen LogP contribution is -2.30. The SMILES string of the molecule is OC1COCCCN1. The van der Waals surface area contributed by atoms with Crippen LogP contribution in [0.2, 0.25) is 0 Å². The van der Waals surface area contributed by atoms with Crippen LogP contribution in [0.15, 0.2) is 0 Å². The van der Waals surface area contributed by atoms with Gasteiger partial charge in [0.05, 0.1) is 6.61 Å². The topological polar surface area (TPSA) is 41.5 Å². The van der Waals surface area contributed by atoms with E-state index in [1.54, 1.807) is 0 Å². The van der Waals surface area contributed by atoms with E-state index in [1.165, 1.54) is 0 Å². The lowest BCUT2D eigenvalue weighted by atomic mass is 10.4. The Labute approximate surface area is 48.7 Å². The zero-order valence-electron chi connectivity index (χ0n) is 4.76. The summed E-state index contributed by atoms with van der Waals surface area (Å²) in [5.41, 5.74) is 0. The molecule has 8 heavy (non-hydrogen) atoms. The Bertz CT molecular complexity index is 59.4. The van der Waals surface area contributed by atoms with E-state index < -0.39 is 6.23 Å². The maximum Gasteiger partial charge on any atom is 0.128 e. The monoisotopic (exact) mass is 117 g/mol. The molecule has 1 aliphatic rings. The molecular formula is C5H11NO2. The van der Waals surface area contributed by atoms with Gasteiger partial charge in [-0.1, -0.05) is 0 Å². The Hall–Kier alpha value is -0.120. The van der Waals surface area contributed by atoms with E-state index >= 15 is 0 Å². The lowest BCUT2D eigenvalue weighted by molar-refractivity contribution is 0.0396. The van der Waals surface area contributed by atoms with Crippen LogP contribution < -0.4 is 5.32 Å². The molecule has 1 rings (SSSR count). The largest absolute Gasteiger partial charge is 0.377 e. The zero-order chi connectivity index (χ0) is 5.82. The first-order valence-corrected chi connectivity index (χ1v) is 2.89. The van der Waals surface area contributed by atoms with Gasteiger partial charge in [0, 0.05) is 6.61 Å². The molecule has 0 aromatic carbocycles. The minimum atomic E-state index is -0.447. The van der Waals surface area contributed by atoms with Crippen LogP contribution >= 0.6 is 0 Å². The van der Waals surface area contributed by atoms with E-state index in [-0.39, 0.29) is 0 Å². The van der Waals surface area contributed by atoms with Gasteiger partial charge in [-0.25, -0.2) is 0 Å². The first kappa shape index (κ1) is 6.01. The molecular weight excluding hydrogens is 106 g/mol. The summed E-state index contributed by atoms with van der Waals surface area (Å²) in [7, 11) is 0. The summed E-state index contributed by atoms with van der Waals surface area (Å²) in [4.78, 5) is 0. The first-order chi connectivity index (χ1) is 3.89. The summed E-state index contributed by atoms with van der Waals surface area (Å²) in [5, 5.41) is 11.7. The van der Waals surface area contributed by atoms with Gasteiger partial charge in [0.1, 0.15) is 6.23 Å². The fourth-order valence-electron chi connectivity index (χ4n) is 0.697. The van der Waals surface area contributed by atoms with Crippen molar-refractivity contribution in [3.63, 3.8) is 0 Å². The van der Waals surface area contributed by atoms with E-state index in [4.69, 9.17) is 9.84 Å². The van der Waals surface area contributed by atoms with Crippen molar-refractivity contribution < 1.29 is 9.84 Å². The van der Waals surface area contributed by atoms with E-state index in [9.17, 15) is 0 Å². The second-order valence-corrected chi connectivity index (χ2v) is 1.90. The molecule has 0 aromatic rings. The number of nitrogens with one attached hydrogen (secondary N) is 1. The van der Waals surface area contributed by atoms with Crippen LogP contribution in [0.1, 0.15) is 6.42 Å². The highest BCUT2D eigenvalue weighted by atomic mass is 16.5. The van der Waals surface area contributed by atoms with Gasteiger partial charge >= 0.3 is 0 Å². The van der Waals surface area contributed by atoms with Gasteiger partial charge < -0.3 is 9.84 Å². The smallest absolute Gasteiger partial charge is 0.128 e. The third kappa shape index (κ3) is 1.78. The molecule has 0 saturated carbocycles. The quantitative estimate of drug-likeness (QED) is 0.441. The van der Waals surface area contributed by atoms with Crippen LogP contribution in [0.3, 0.4) is 0 Å². The zero-order valence-corrected chi connectivity index (χ0v) is 4.76. The van der Waals surface area contributed by atoms with E-state index in [1.807, 2.05) is 0 Å². The molecule has 0 aliphatic carbocycles. The minimum Gasteiger partial charge on any atom is -0.377 e. The second kappa shape index (κ2) is 3.02. The number of ether oxygens (including phenoxy) is 1. The van der Waals surface area contributed by atoms with Crippen molar-refractivity contribution in [2.45, 2.75) is 12.6 Å². The van der Waals surface area contributed by atoms with Crippen molar-refractivity contribution in [3.8, 4) is 0 Å². The van der Waals surface area contributed by atoms with Crippen molar-refractivity contribution in [1.82, 2.24) is 5.32 Å². The van der Waals surface area contributed by atoms with Crippen molar-refractivity contribution in [2.24, 2.45) is 0 Å².